The van der Waals surface area contributed by atoms with Gasteiger partial charge in [-0.2, -0.15) is 5.10 Å². The molecular weight excluding hydrogens is 366 g/mol. The highest BCUT2D eigenvalue weighted by Crippen LogP contribution is 2.20. The fourth-order valence-corrected chi connectivity index (χ4v) is 2.90. The number of hydrogen-bond acceptors (Lipinski definition) is 4. The normalized spacial score (nSPS) is 11.7. The summed E-state index contributed by atoms with van der Waals surface area (Å²) in [5.41, 5.74) is 4.56. The predicted molar refractivity (Wildman–Crippen MR) is 113 cm³/mol. The van der Waals surface area contributed by atoms with E-state index in [2.05, 4.69) is 10.4 Å². The highest BCUT2D eigenvalue weighted by molar-refractivity contribution is 5.96. The standard InChI is InChI=1S/C23H23N3O3/c1-14-5-6-19(13-15(14)2)21-11-12-22(28)26(25-21)16(3)23(29)24-20-9-7-18(8-10-20)17(4)27/h5-13,16H,1-4H3,(H,24,29). The van der Waals surface area contributed by atoms with Gasteiger partial charge in [-0.3, -0.25) is 14.4 Å². The van der Waals surface area contributed by atoms with Crippen LogP contribution in [0.3, 0.4) is 0 Å². The second kappa shape index (κ2) is 8.22. The largest absolute Gasteiger partial charge is 0.324 e. The molecular formula is C23H23N3O3. The number of benzene rings is 2. The maximum Gasteiger partial charge on any atom is 0.267 e. The second-order valence-electron chi connectivity index (χ2n) is 7.10. The van der Waals surface area contributed by atoms with Gasteiger partial charge in [0.15, 0.2) is 5.78 Å². The summed E-state index contributed by atoms with van der Waals surface area (Å²) >= 11 is 0. The van der Waals surface area contributed by atoms with E-state index in [0.29, 0.717) is 16.9 Å². The average Bonchev–Trinajstić information content (AvgIpc) is 2.70. The Hall–Kier alpha value is -3.54. The van der Waals surface area contributed by atoms with E-state index in [9.17, 15) is 14.4 Å². The van der Waals surface area contributed by atoms with Gasteiger partial charge in [-0.25, -0.2) is 4.68 Å². The maximum atomic E-state index is 12.7. The summed E-state index contributed by atoms with van der Waals surface area (Å²) in [7, 11) is 0. The predicted octanol–water partition coefficient (Wildman–Crippen LogP) is 3.93. The van der Waals surface area contributed by atoms with Crippen molar-refractivity contribution in [3.05, 3.63) is 81.6 Å². The van der Waals surface area contributed by atoms with E-state index in [1.165, 1.54) is 23.2 Å². The first-order valence-corrected chi connectivity index (χ1v) is 9.35. The first-order chi connectivity index (χ1) is 13.8. The smallest absolute Gasteiger partial charge is 0.267 e. The number of amides is 1. The number of rotatable bonds is 5. The van der Waals surface area contributed by atoms with Crippen LogP contribution in [0.1, 0.15) is 41.4 Å². The van der Waals surface area contributed by atoms with Crippen molar-refractivity contribution in [1.82, 2.24) is 9.78 Å². The third kappa shape index (κ3) is 4.48. The number of hydrogen-bond donors (Lipinski definition) is 1. The molecule has 1 atom stereocenters. The molecule has 1 heterocycles. The zero-order valence-corrected chi connectivity index (χ0v) is 16.9. The van der Waals surface area contributed by atoms with Gasteiger partial charge < -0.3 is 5.32 Å². The van der Waals surface area contributed by atoms with Crippen LogP contribution in [0.5, 0.6) is 0 Å². The van der Waals surface area contributed by atoms with Crippen LogP contribution in [-0.4, -0.2) is 21.5 Å². The van der Waals surface area contributed by atoms with E-state index in [4.69, 9.17) is 0 Å². The fourth-order valence-electron chi connectivity index (χ4n) is 2.90. The molecule has 1 aromatic heterocycles. The van der Waals surface area contributed by atoms with Crippen molar-refractivity contribution < 1.29 is 9.59 Å². The molecule has 1 N–H and O–H groups in total. The van der Waals surface area contributed by atoms with Gasteiger partial charge in [0, 0.05) is 22.9 Å². The van der Waals surface area contributed by atoms with Gasteiger partial charge in [-0.1, -0.05) is 12.1 Å². The Kier molecular flexibility index (Phi) is 5.73. The molecule has 29 heavy (non-hydrogen) atoms. The van der Waals surface area contributed by atoms with Crippen LogP contribution in [0.4, 0.5) is 5.69 Å². The zero-order valence-electron chi connectivity index (χ0n) is 16.9. The van der Waals surface area contributed by atoms with Gasteiger partial charge in [-0.15, -0.1) is 0 Å². The Labute approximate surface area is 169 Å². The number of Topliss-reactive ketones (excluding diaryl/α,β-unsaturated/α-hetero) is 1. The van der Waals surface area contributed by atoms with Crippen molar-refractivity contribution in [2.24, 2.45) is 0 Å². The Morgan fingerprint density at radius 3 is 2.28 bits per heavy atom. The first kappa shape index (κ1) is 20.2. The van der Waals surface area contributed by atoms with Gasteiger partial charge in [0.1, 0.15) is 6.04 Å². The van der Waals surface area contributed by atoms with Crippen LogP contribution in [0.25, 0.3) is 11.3 Å². The number of aryl methyl sites for hydroxylation is 2. The van der Waals surface area contributed by atoms with Crippen molar-refractivity contribution in [1.29, 1.82) is 0 Å². The molecule has 0 radical (unpaired) electrons. The molecule has 2 aromatic carbocycles. The lowest BCUT2D eigenvalue weighted by Crippen LogP contribution is -2.33. The molecule has 0 saturated carbocycles. The number of aromatic nitrogens is 2. The van der Waals surface area contributed by atoms with Gasteiger partial charge in [-0.05, 0) is 75.2 Å². The molecule has 1 amide bonds. The molecule has 0 aliphatic heterocycles. The van der Waals surface area contributed by atoms with Crippen molar-refractivity contribution in [3.63, 3.8) is 0 Å². The zero-order chi connectivity index (χ0) is 21.1. The van der Waals surface area contributed by atoms with Crippen LogP contribution in [-0.2, 0) is 4.79 Å². The monoisotopic (exact) mass is 389 g/mol. The minimum Gasteiger partial charge on any atom is -0.324 e. The molecule has 0 aliphatic rings. The Morgan fingerprint density at radius 2 is 1.66 bits per heavy atom. The van der Waals surface area contributed by atoms with E-state index < -0.39 is 6.04 Å². The van der Waals surface area contributed by atoms with Gasteiger partial charge in [0.2, 0.25) is 5.91 Å². The van der Waals surface area contributed by atoms with E-state index in [1.807, 2.05) is 32.0 Å². The summed E-state index contributed by atoms with van der Waals surface area (Å²) in [6.07, 6.45) is 0. The number of carbonyl (C=O) groups excluding carboxylic acids is 2. The van der Waals surface area contributed by atoms with Gasteiger partial charge in [0.25, 0.3) is 5.56 Å². The van der Waals surface area contributed by atoms with E-state index in [1.54, 1.807) is 37.3 Å². The Morgan fingerprint density at radius 1 is 0.966 bits per heavy atom. The summed E-state index contributed by atoms with van der Waals surface area (Å²) in [4.78, 5) is 36.3. The number of ketones is 1. The molecule has 0 fully saturated rings. The van der Waals surface area contributed by atoms with Crippen molar-refractivity contribution >= 4 is 17.4 Å². The highest BCUT2D eigenvalue weighted by atomic mass is 16.2. The minimum atomic E-state index is -0.804. The molecule has 3 aromatic rings. The van der Waals surface area contributed by atoms with E-state index >= 15 is 0 Å². The SMILES string of the molecule is CC(=O)c1ccc(NC(=O)C(C)n2nc(-c3ccc(C)c(C)c3)ccc2=O)cc1. The van der Waals surface area contributed by atoms with Crippen molar-refractivity contribution in [2.45, 2.75) is 33.7 Å². The lowest BCUT2D eigenvalue weighted by molar-refractivity contribution is -0.119. The van der Waals surface area contributed by atoms with E-state index in [0.717, 1.165) is 11.1 Å². The van der Waals surface area contributed by atoms with Crippen molar-refractivity contribution in [2.75, 3.05) is 5.32 Å². The lowest BCUT2D eigenvalue weighted by atomic mass is 10.0. The Balaban J connectivity index is 1.85. The van der Waals surface area contributed by atoms with Gasteiger partial charge in [0.05, 0.1) is 5.69 Å². The summed E-state index contributed by atoms with van der Waals surface area (Å²) in [5.74, 6) is -0.414. The molecule has 6 heteroatoms. The van der Waals surface area contributed by atoms with Crippen LogP contribution >= 0.6 is 0 Å². The summed E-state index contributed by atoms with van der Waals surface area (Å²) in [6.45, 7) is 7.15. The third-order valence-electron chi connectivity index (χ3n) is 4.93. The number of carbonyl (C=O) groups is 2. The topological polar surface area (TPSA) is 81.1 Å². The number of nitrogens with one attached hydrogen (secondary N) is 1. The van der Waals surface area contributed by atoms with Gasteiger partial charge >= 0.3 is 0 Å². The summed E-state index contributed by atoms with van der Waals surface area (Å²) < 4.78 is 1.18. The fraction of sp³-hybridized carbons (Fsp3) is 0.217. The van der Waals surface area contributed by atoms with Crippen LogP contribution in [0, 0.1) is 13.8 Å². The maximum absolute atomic E-state index is 12.7. The third-order valence-corrected chi connectivity index (χ3v) is 4.93. The molecule has 0 spiro atoms. The lowest BCUT2D eigenvalue weighted by Gasteiger charge is -2.15. The minimum absolute atomic E-state index is 0.0462. The molecule has 0 aliphatic carbocycles. The Bertz CT molecular complexity index is 1130. The molecule has 6 nitrogen and oxygen atoms in total. The average molecular weight is 389 g/mol. The second-order valence-corrected chi connectivity index (χ2v) is 7.10. The summed E-state index contributed by atoms with van der Waals surface area (Å²) in [5, 5.41) is 7.17. The summed E-state index contributed by atoms with van der Waals surface area (Å²) in [6, 6.07) is 14.8. The quantitative estimate of drug-likeness (QED) is 0.671. The number of nitrogens with zero attached hydrogens (tertiary/aromatic N) is 2. The first-order valence-electron chi connectivity index (χ1n) is 9.35. The highest BCUT2D eigenvalue weighted by Gasteiger charge is 2.18. The molecule has 3 rings (SSSR count). The van der Waals surface area contributed by atoms with Crippen LogP contribution in [0.15, 0.2) is 59.4 Å². The molecule has 0 saturated heterocycles. The molecule has 148 valence electrons. The van der Waals surface area contributed by atoms with Crippen LogP contribution in [0.2, 0.25) is 0 Å². The molecule has 0 bridgehead atoms. The van der Waals surface area contributed by atoms with Crippen LogP contribution < -0.4 is 10.9 Å². The number of anilines is 1. The molecule has 1 unspecified atom stereocenters. The van der Waals surface area contributed by atoms with E-state index in [-0.39, 0.29) is 17.2 Å². The van der Waals surface area contributed by atoms with Crippen molar-refractivity contribution in [3.8, 4) is 11.3 Å².